The summed E-state index contributed by atoms with van der Waals surface area (Å²) in [5.74, 6) is 0. The number of rotatable bonds is 5. The SMILES string of the molecule is C[C@@H](c1ccc(S(C)(=O)=O)cc1)N(C)Cc1ccccc1C(F)(F)F. The Hall–Kier alpha value is -1.86. The van der Waals surface area contributed by atoms with Crippen LogP contribution in [-0.4, -0.2) is 26.6 Å². The molecule has 0 saturated carbocycles. The molecule has 3 nitrogen and oxygen atoms in total. The second-order valence-electron chi connectivity index (χ2n) is 6.09. The van der Waals surface area contributed by atoms with Gasteiger partial charge in [-0.05, 0) is 43.3 Å². The van der Waals surface area contributed by atoms with Crippen molar-refractivity contribution in [1.82, 2.24) is 4.90 Å². The maximum absolute atomic E-state index is 13.1. The molecule has 2 aromatic rings. The van der Waals surface area contributed by atoms with Gasteiger partial charge in [0, 0.05) is 18.8 Å². The van der Waals surface area contributed by atoms with E-state index in [4.69, 9.17) is 0 Å². The first-order valence-corrected chi connectivity index (χ1v) is 9.54. The molecule has 0 aliphatic rings. The predicted molar refractivity (Wildman–Crippen MR) is 90.9 cm³/mol. The molecular formula is C18H20F3NO2S. The standard InChI is InChI=1S/C18H20F3NO2S/c1-13(14-8-10-16(11-9-14)25(3,23)24)22(2)12-15-6-4-5-7-17(15)18(19,20)21/h4-11,13H,12H2,1-3H3/t13-/m0/s1. The predicted octanol–water partition coefficient (Wildman–Crippen LogP) is 4.30. The average molecular weight is 371 g/mol. The smallest absolute Gasteiger partial charge is 0.295 e. The molecule has 0 radical (unpaired) electrons. The van der Waals surface area contributed by atoms with Crippen LogP contribution in [0.15, 0.2) is 53.4 Å². The average Bonchev–Trinajstić information content (AvgIpc) is 2.53. The molecule has 0 N–H and O–H groups in total. The van der Waals surface area contributed by atoms with Gasteiger partial charge in [-0.1, -0.05) is 30.3 Å². The number of hydrogen-bond donors (Lipinski definition) is 0. The summed E-state index contributed by atoms with van der Waals surface area (Å²) in [5.41, 5.74) is 0.401. The molecule has 0 aliphatic carbocycles. The first-order chi connectivity index (χ1) is 11.5. The molecule has 0 bridgehead atoms. The topological polar surface area (TPSA) is 37.4 Å². The summed E-state index contributed by atoms with van der Waals surface area (Å²) in [6.07, 6.45) is -3.26. The first-order valence-electron chi connectivity index (χ1n) is 7.65. The van der Waals surface area contributed by atoms with Crippen molar-refractivity contribution >= 4 is 9.84 Å². The normalized spacial score (nSPS) is 13.9. The molecule has 0 heterocycles. The molecule has 0 aromatic heterocycles. The van der Waals surface area contributed by atoms with E-state index in [1.807, 2.05) is 6.92 Å². The van der Waals surface area contributed by atoms with E-state index < -0.39 is 21.6 Å². The van der Waals surface area contributed by atoms with Crippen molar-refractivity contribution < 1.29 is 21.6 Å². The largest absolute Gasteiger partial charge is 0.416 e. The highest BCUT2D eigenvalue weighted by molar-refractivity contribution is 7.90. The lowest BCUT2D eigenvalue weighted by Crippen LogP contribution is -2.23. The van der Waals surface area contributed by atoms with Crippen molar-refractivity contribution in [3.8, 4) is 0 Å². The number of benzene rings is 2. The van der Waals surface area contributed by atoms with Gasteiger partial charge in [0.05, 0.1) is 10.5 Å². The Bertz CT molecular complexity index is 830. The van der Waals surface area contributed by atoms with Gasteiger partial charge in [-0.2, -0.15) is 13.2 Å². The Morgan fingerprint density at radius 3 is 2.12 bits per heavy atom. The van der Waals surface area contributed by atoms with Gasteiger partial charge < -0.3 is 0 Å². The van der Waals surface area contributed by atoms with Gasteiger partial charge in [-0.3, -0.25) is 4.90 Å². The van der Waals surface area contributed by atoms with Crippen LogP contribution in [0.3, 0.4) is 0 Å². The molecule has 0 amide bonds. The minimum atomic E-state index is -4.39. The van der Waals surface area contributed by atoms with Crippen LogP contribution in [0.5, 0.6) is 0 Å². The number of nitrogens with zero attached hydrogens (tertiary/aromatic N) is 1. The zero-order valence-corrected chi connectivity index (χ0v) is 15.0. The third-order valence-corrected chi connectivity index (χ3v) is 5.32. The fourth-order valence-corrected chi connectivity index (χ4v) is 3.22. The summed E-state index contributed by atoms with van der Waals surface area (Å²) >= 11 is 0. The van der Waals surface area contributed by atoms with E-state index in [1.54, 1.807) is 30.1 Å². The van der Waals surface area contributed by atoms with Crippen molar-refractivity contribution in [3.05, 3.63) is 65.2 Å². The molecule has 0 aliphatic heterocycles. The second kappa shape index (κ2) is 7.17. The number of hydrogen-bond acceptors (Lipinski definition) is 3. The molecule has 1 atom stereocenters. The molecule has 136 valence electrons. The van der Waals surface area contributed by atoms with Crippen LogP contribution in [0, 0.1) is 0 Å². The minimum absolute atomic E-state index is 0.130. The number of halogens is 3. The summed E-state index contributed by atoms with van der Waals surface area (Å²) in [6.45, 7) is 2.00. The molecule has 2 aromatic carbocycles. The van der Waals surface area contributed by atoms with Gasteiger partial charge in [-0.15, -0.1) is 0 Å². The summed E-state index contributed by atoms with van der Waals surface area (Å²) in [7, 11) is -1.54. The number of sulfone groups is 1. The van der Waals surface area contributed by atoms with Crippen molar-refractivity contribution in [1.29, 1.82) is 0 Å². The van der Waals surface area contributed by atoms with Gasteiger partial charge in [0.25, 0.3) is 0 Å². The van der Waals surface area contributed by atoms with E-state index in [0.717, 1.165) is 17.9 Å². The Morgan fingerprint density at radius 2 is 1.60 bits per heavy atom. The Labute approximate surface area is 146 Å². The van der Waals surface area contributed by atoms with Crippen LogP contribution in [0.25, 0.3) is 0 Å². The molecule has 25 heavy (non-hydrogen) atoms. The van der Waals surface area contributed by atoms with Crippen LogP contribution in [-0.2, 0) is 22.6 Å². The third-order valence-electron chi connectivity index (χ3n) is 4.19. The quantitative estimate of drug-likeness (QED) is 0.786. The fraction of sp³-hybridized carbons (Fsp3) is 0.333. The van der Waals surface area contributed by atoms with Crippen LogP contribution < -0.4 is 0 Å². The molecule has 0 fully saturated rings. The molecule has 0 saturated heterocycles. The zero-order chi connectivity index (χ0) is 18.8. The van der Waals surface area contributed by atoms with Crippen molar-refractivity contribution in [2.75, 3.05) is 13.3 Å². The highest BCUT2D eigenvalue weighted by atomic mass is 32.2. The lowest BCUT2D eigenvalue weighted by molar-refractivity contribution is -0.138. The lowest BCUT2D eigenvalue weighted by atomic mass is 10.0. The maximum atomic E-state index is 13.1. The summed E-state index contributed by atoms with van der Waals surface area (Å²) in [4.78, 5) is 2.01. The van der Waals surface area contributed by atoms with E-state index in [1.165, 1.54) is 24.3 Å². The Kier molecular flexibility index (Phi) is 5.58. The van der Waals surface area contributed by atoms with Gasteiger partial charge in [0.1, 0.15) is 0 Å². The van der Waals surface area contributed by atoms with Crippen LogP contribution in [0.1, 0.15) is 29.7 Å². The third kappa shape index (κ3) is 4.83. The molecule has 7 heteroatoms. The highest BCUT2D eigenvalue weighted by Crippen LogP contribution is 2.33. The fourth-order valence-electron chi connectivity index (χ4n) is 2.59. The molecule has 2 rings (SSSR count). The van der Waals surface area contributed by atoms with Gasteiger partial charge in [-0.25, -0.2) is 8.42 Å². The highest BCUT2D eigenvalue weighted by Gasteiger charge is 2.33. The van der Waals surface area contributed by atoms with Crippen molar-refractivity contribution in [3.63, 3.8) is 0 Å². The van der Waals surface area contributed by atoms with E-state index in [0.29, 0.717) is 0 Å². The molecule has 0 unspecified atom stereocenters. The Morgan fingerprint density at radius 1 is 1.04 bits per heavy atom. The van der Waals surface area contributed by atoms with Crippen LogP contribution >= 0.6 is 0 Å². The minimum Gasteiger partial charge on any atom is -0.295 e. The summed E-state index contributed by atoms with van der Waals surface area (Å²) in [6, 6.07) is 11.7. The second-order valence-corrected chi connectivity index (χ2v) is 8.10. The van der Waals surface area contributed by atoms with E-state index in [-0.39, 0.29) is 23.0 Å². The van der Waals surface area contributed by atoms with E-state index >= 15 is 0 Å². The molecule has 0 spiro atoms. The number of alkyl halides is 3. The van der Waals surface area contributed by atoms with Crippen LogP contribution in [0.4, 0.5) is 13.2 Å². The van der Waals surface area contributed by atoms with Gasteiger partial charge in [0.15, 0.2) is 9.84 Å². The van der Waals surface area contributed by atoms with Crippen molar-refractivity contribution in [2.24, 2.45) is 0 Å². The Balaban J connectivity index is 2.20. The van der Waals surface area contributed by atoms with E-state index in [2.05, 4.69) is 0 Å². The maximum Gasteiger partial charge on any atom is 0.416 e. The van der Waals surface area contributed by atoms with Gasteiger partial charge >= 0.3 is 6.18 Å². The lowest BCUT2D eigenvalue weighted by Gasteiger charge is -2.26. The van der Waals surface area contributed by atoms with E-state index in [9.17, 15) is 21.6 Å². The van der Waals surface area contributed by atoms with Crippen LogP contribution in [0.2, 0.25) is 0 Å². The zero-order valence-electron chi connectivity index (χ0n) is 14.2. The monoisotopic (exact) mass is 371 g/mol. The molecular weight excluding hydrogens is 351 g/mol. The van der Waals surface area contributed by atoms with Crippen molar-refractivity contribution in [2.45, 2.75) is 30.6 Å². The van der Waals surface area contributed by atoms with Gasteiger partial charge in [0.2, 0.25) is 0 Å². The summed E-state index contributed by atoms with van der Waals surface area (Å²) in [5, 5.41) is 0. The first kappa shape index (κ1) is 19.5. The summed E-state index contributed by atoms with van der Waals surface area (Å²) < 4.78 is 62.3.